The van der Waals surface area contributed by atoms with Crippen molar-refractivity contribution in [2.24, 2.45) is 17.4 Å². The van der Waals surface area contributed by atoms with Crippen LogP contribution in [0.2, 0.25) is 0 Å². The Kier molecular flexibility index (Phi) is 28.0. The molecule has 3 aliphatic heterocycles. The van der Waals surface area contributed by atoms with E-state index < -0.39 is 144 Å². The van der Waals surface area contributed by atoms with Crippen molar-refractivity contribution in [2.75, 3.05) is 32.7 Å². The van der Waals surface area contributed by atoms with Crippen molar-refractivity contribution < 1.29 is 62.2 Å². The minimum absolute atomic E-state index is 0.0109. The van der Waals surface area contributed by atoms with Crippen molar-refractivity contribution >= 4 is 65.0 Å². The highest BCUT2D eigenvalue weighted by Gasteiger charge is 2.44. The third-order valence-corrected chi connectivity index (χ3v) is 17.2. The van der Waals surface area contributed by atoms with Crippen LogP contribution in [0.15, 0.2) is 109 Å². The Morgan fingerprint density at radius 1 is 0.495 bits per heavy atom. The van der Waals surface area contributed by atoms with Crippen molar-refractivity contribution in [2.45, 2.75) is 178 Å². The van der Waals surface area contributed by atoms with E-state index in [-0.39, 0.29) is 103 Å². The molecule has 4 aromatic rings. The van der Waals surface area contributed by atoms with E-state index in [1.54, 1.807) is 81.4 Å². The molecule has 3 fully saturated rings. The highest BCUT2D eigenvalue weighted by Crippen LogP contribution is 2.24. The summed E-state index contributed by atoms with van der Waals surface area (Å²) in [6.45, 7) is 5.83. The minimum atomic E-state index is -1.74. The van der Waals surface area contributed by atoms with Crippen LogP contribution < -0.4 is 59.3 Å². The maximum Gasteiger partial charge on any atom is 0.246 e. The monoisotopic (exact) mass is 1310 g/mol. The fourth-order valence-electron chi connectivity index (χ4n) is 12.0. The first-order valence-electron chi connectivity index (χ1n) is 33.0. The average Bonchev–Trinajstić information content (AvgIpc) is 1.65. The van der Waals surface area contributed by atoms with E-state index in [1.165, 1.54) is 46.2 Å². The van der Waals surface area contributed by atoms with Crippen molar-refractivity contribution in [3.8, 4) is 5.75 Å². The van der Waals surface area contributed by atoms with E-state index in [0.29, 0.717) is 47.9 Å². The molecule has 26 heteroatoms. The Labute approximate surface area is 553 Å². The number of rotatable bonds is 20. The van der Waals surface area contributed by atoms with E-state index in [9.17, 15) is 52.6 Å². The molecule has 0 aromatic heterocycles. The van der Waals surface area contributed by atoms with E-state index >= 15 is 9.59 Å². The van der Waals surface area contributed by atoms with Crippen molar-refractivity contribution in [3.63, 3.8) is 0 Å². The van der Waals surface area contributed by atoms with Crippen LogP contribution in [0.4, 0.5) is 4.39 Å². The summed E-state index contributed by atoms with van der Waals surface area (Å²) in [5, 5.41) is 35.1. The summed E-state index contributed by atoms with van der Waals surface area (Å²) >= 11 is 0. The Morgan fingerprint density at radius 3 is 1.40 bits per heavy atom. The lowest BCUT2D eigenvalue weighted by atomic mass is 9.99. The number of carbonyl (C=O) groups excluding carboxylic acids is 11. The lowest BCUT2D eigenvalue weighted by Gasteiger charge is -2.33. The van der Waals surface area contributed by atoms with Gasteiger partial charge in [0.2, 0.25) is 65.0 Å². The van der Waals surface area contributed by atoms with Crippen LogP contribution in [0.1, 0.15) is 114 Å². The molecule has 7 rings (SSSR count). The molecule has 0 spiro atoms. The number of phenols is 1. The molecule has 14 N–H and O–H groups in total. The maximum absolute atomic E-state index is 15.1. The normalized spacial score (nSPS) is 24.2. The van der Waals surface area contributed by atoms with E-state index in [0.717, 1.165) is 12.1 Å². The summed E-state index contributed by atoms with van der Waals surface area (Å²) in [6, 6.07) is 14.6. The Bertz CT molecular complexity index is 3270. The maximum atomic E-state index is 15.1. The van der Waals surface area contributed by atoms with Gasteiger partial charge in [0.05, 0.1) is 6.42 Å². The molecule has 3 heterocycles. The van der Waals surface area contributed by atoms with E-state index in [2.05, 4.69) is 47.9 Å². The quantitative estimate of drug-likeness (QED) is 0.0552. The Balaban J connectivity index is 1.32. The van der Waals surface area contributed by atoms with Crippen molar-refractivity contribution in [3.05, 3.63) is 137 Å². The zero-order valence-electron chi connectivity index (χ0n) is 54.3. The van der Waals surface area contributed by atoms with Crippen LogP contribution in [0.3, 0.4) is 0 Å². The molecule has 11 amide bonds. The van der Waals surface area contributed by atoms with Crippen LogP contribution in [-0.4, -0.2) is 173 Å². The Morgan fingerprint density at radius 2 is 0.895 bits per heavy atom. The van der Waals surface area contributed by atoms with Crippen LogP contribution >= 0.6 is 0 Å². The van der Waals surface area contributed by atoms with Crippen LogP contribution in [-0.2, 0) is 78.4 Å². The summed E-state index contributed by atoms with van der Waals surface area (Å²) in [4.78, 5) is 166. The van der Waals surface area contributed by atoms with Gasteiger partial charge in [-0.05, 0) is 130 Å². The second kappa shape index (κ2) is 36.4. The highest BCUT2D eigenvalue weighted by atomic mass is 19.1. The number of nitrogens with one attached hydrogen (secondary N) is 9. The second-order valence-electron chi connectivity index (χ2n) is 24.9. The lowest BCUT2D eigenvalue weighted by molar-refractivity contribution is -0.145. The van der Waals surface area contributed by atoms with Gasteiger partial charge in [0.15, 0.2) is 0 Å². The molecule has 95 heavy (non-hydrogen) atoms. The van der Waals surface area contributed by atoms with Crippen LogP contribution in [0.5, 0.6) is 5.75 Å². The molecule has 25 nitrogen and oxygen atoms in total. The van der Waals surface area contributed by atoms with Gasteiger partial charge in [0.1, 0.15) is 72.0 Å². The summed E-state index contributed by atoms with van der Waals surface area (Å²) in [5.74, 6) is -10.1. The van der Waals surface area contributed by atoms with Gasteiger partial charge < -0.3 is 74.2 Å². The molecule has 0 saturated carbocycles. The van der Waals surface area contributed by atoms with Crippen LogP contribution in [0.25, 0.3) is 0 Å². The predicted octanol–water partition coefficient (Wildman–Crippen LogP) is 1.12. The SMILES string of the molecule is CCCNC(=O)C[C@@H]1NC(=O)[C@@H](CCCCN)NC(=O)[C@@H](Cc2ccccc2)NC(=O)[C@@H]2CCCN2C(=O)[C@@H](Cc2ccccc2)NC(=O)[C@@H]2CCCN2C(=O)[C@H](CCCN)NC(=O)[C@H](C(C)C)NC(=O)[C@H](Cc2ccc(O)cc2)NC(=O)[C@H](Cc2ccc(F)cc2)NC1=O. The Hall–Kier alpha value is -9.30. The molecule has 0 unspecified atom stereocenters. The second-order valence-corrected chi connectivity index (χ2v) is 24.9. The summed E-state index contributed by atoms with van der Waals surface area (Å²) in [5.41, 5.74) is 13.9. The predicted molar refractivity (Wildman–Crippen MR) is 351 cm³/mol. The number of nitrogens with two attached hydrogens (primary N) is 2. The van der Waals surface area contributed by atoms with Gasteiger partial charge >= 0.3 is 0 Å². The number of hydrogen-bond acceptors (Lipinski definition) is 14. The fourth-order valence-corrected chi connectivity index (χ4v) is 12.0. The third kappa shape index (κ3) is 21.6. The van der Waals surface area contributed by atoms with Crippen molar-refractivity contribution in [1.29, 1.82) is 0 Å². The topological polar surface area (TPSA) is 375 Å². The largest absolute Gasteiger partial charge is 0.508 e. The number of unbranched alkanes of at least 4 members (excludes halogenated alkanes) is 1. The van der Waals surface area contributed by atoms with Crippen LogP contribution in [0, 0.1) is 11.7 Å². The number of amides is 11. The first-order valence-corrected chi connectivity index (χ1v) is 33.0. The number of fused-ring (bicyclic) bond motifs is 2. The molecule has 3 aliphatic rings. The number of carbonyl (C=O) groups is 11. The number of nitrogens with zero attached hydrogens (tertiary/aromatic N) is 2. The first-order chi connectivity index (χ1) is 45.7. The molecule has 0 aliphatic carbocycles. The van der Waals surface area contributed by atoms with Crippen molar-refractivity contribution in [1.82, 2.24) is 57.7 Å². The summed E-state index contributed by atoms with van der Waals surface area (Å²) in [7, 11) is 0. The first kappa shape index (κ1) is 73.1. The van der Waals surface area contributed by atoms with Gasteiger partial charge in [-0.3, -0.25) is 52.7 Å². The highest BCUT2D eigenvalue weighted by molar-refractivity contribution is 6.01. The van der Waals surface area contributed by atoms with Gasteiger partial charge in [-0.1, -0.05) is 106 Å². The van der Waals surface area contributed by atoms with E-state index in [1.807, 2.05) is 0 Å². The minimum Gasteiger partial charge on any atom is -0.508 e. The third-order valence-electron chi connectivity index (χ3n) is 17.2. The summed E-state index contributed by atoms with van der Waals surface area (Å²) < 4.78 is 14.4. The lowest BCUT2D eigenvalue weighted by Crippen LogP contribution is -2.62. The zero-order chi connectivity index (χ0) is 68.6. The number of halogens is 1. The van der Waals surface area contributed by atoms with Gasteiger partial charge in [-0.2, -0.15) is 0 Å². The number of aromatic hydroxyl groups is 1. The molecule has 10 atom stereocenters. The molecule has 3 saturated heterocycles. The van der Waals surface area contributed by atoms with Gasteiger partial charge in [-0.25, -0.2) is 4.39 Å². The van der Waals surface area contributed by atoms with E-state index in [4.69, 9.17) is 11.5 Å². The smallest absolute Gasteiger partial charge is 0.246 e. The summed E-state index contributed by atoms with van der Waals surface area (Å²) in [6.07, 6.45) is 1.18. The average molecular weight is 1310 g/mol. The molecular formula is C69H92FN13O12. The number of phenolic OH excluding ortho intramolecular Hbond substituents is 1. The van der Waals surface area contributed by atoms with Gasteiger partial charge in [0.25, 0.3) is 0 Å². The standard InChI is InChI=1S/C69H92FN13O12/c1-4-34-73-58(85)41-54-63(89)76-51(38-45-24-28-47(70)29-25-45)62(88)77-53(39-46-26-30-48(84)31-27-46)64(90)81-59(42(2)3)67(93)75-50(21-13-33-72)68(94)82-35-14-23-57(82)66(92)80-55(40-44-18-9-6-10-19-44)69(95)83-36-15-22-56(83)65(91)79-52(37-43-16-7-5-8-17-43)61(87)74-49(60(86)78-54)20-11-12-32-71/h5-10,16-19,24-31,42,49-57,59,84H,4,11-15,20-23,32-41,71-72H2,1-3H3,(H,73,85)(H,74,87)(H,75,93)(H,76,89)(H,77,88)(H,78,86)(H,79,91)(H,80,92)(H,81,90)/t49-,50+,51+,52-,53+,54+,55-,56+,57+,59+/m1/s1. The van der Waals surface area contributed by atoms with Gasteiger partial charge in [-0.15, -0.1) is 0 Å². The molecule has 0 bridgehead atoms. The molecule has 512 valence electrons. The zero-order valence-corrected chi connectivity index (χ0v) is 54.3. The fraction of sp³-hybridized carbons (Fsp3) is 0.493. The van der Waals surface area contributed by atoms with Gasteiger partial charge in [0, 0.05) is 45.3 Å². The number of hydrogen-bond donors (Lipinski definition) is 12. The molecule has 0 radical (unpaired) electrons. The molecule has 4 aromatic carbocycles. The molecular weight excluding hydrogens is 1220 g/mol. The number of benzene rings is 4.